The third-order valence-corrected chi connectivity index (χ3v) is 1.72. The minimum absolute atomic E-state index is 1.03. The molecule has 1 nitrogen and oxygen atoms in total. The van der Waals surface area contributed by atoms with Crippen molar-refractivity contribution in [2.24, 2.45) is 0 Å². The lowest BCUT2D eigenvalue weighted by Gasteiger charge is -1.97. The highest BCUT2D eigenvalue weighted by Crippen LogP contribution is 2.15. The second kappa shape index (κ2) is 6.18. The van der Waals surface area contributed by atoms with Crippen molar-refractivity contribution < 1.29 is 4.99 Å². The monoisotopic (exact) mass is 176 g/mol. The molecule has 1 aromatic rings. The summed E-state index contributed by atoms with van der Waals surface area (Å²) in [5.74, 6) is 0. The van der Waals surface area contributed by atoms with Crippen LogP contribution < -0.4 is 4.99 Å². The molecule has 0 atom stereocenters. The van der Waals surface area contributed by atoms with Gasteiger partial charge in [-0.3, -0.25) is 0 Å². The summed E-state index contributed by atoms with van der Waals surface area (Å²) in [6, 6.07) is 6.03. The molecule has 0 radical (unpaired) electrons. The van der Waals surface area contributed by atoms with Crippen LogP contribution in [0.3, 0.4) is 0 Å². The maximum atomic E-state index is 3.73. The standard InChI is InChI=1S/C10H11N.C2H6/c1-4-9-8(2)6-5-7-10(9)11-3;1-2/h4-7H,1,3H2,2H3;1-2H3/p+1. The number of rotatable bonds is 2. The molecule has 0 heterocycles. The molecule has 0 saturated heterocycles. The van der Waals surface area contributed by atoms with Crippen molar-refractivity contribution in [3.05, 3.63) is 35.9 Å². The van der Waals surface area contributed by atoms with E-state index in [0.29, 0.717) is 0 Å². The second-order valence-corrected chi connectivity index (χ2v) is 2.42. The van der Waals surface area contributed by atoms with Gasteiger partial charge in [0.05, 0.1) is 0 Å². The summed E-state index contributed by atoms with van der Waals surface area (Å²) in [4.78, 5) is 2.87. The zero-order valence-electron chi connectivity index (χ0n) is 8.72. The molecule has 0 spiro atoms. The summed E-state index contributed by atoms with van der Waals surface area (Å²) in [6.45, 7) is 13.4. The van der Waals surface area contributed by atoms with Gasteiger partial charge in [-0.2, -0.15) is 0 Å². The van der Waals surface area contributed by atoms with E-state index in [-0.39, 0.29) is 0 Å². The Bertz CT molecular complexity index is 287. The fraction of sp³-hybridized carbons (Fsp3) is 0.250. The number of hydrogen-bond donors (Lipinski definition) is 1. The highest BCUT2D eigenvalue weighted by Gasteiger charge is 2.02. The van der Waals surface area contributed by atoms with Gasteiger partial charge >= 0.3 is 0 Å². The zero-order valence-corrected chi connectivity index (χ0v) is 8.72. The lowest BCUT2D eigenvalue weighted by molar-refractivity contribution is -0.342. The van der Waals surface area contributed by atoms with Gasteiger partial charge in [0.2, 0.25) is 5.69 Å². The van der Waals surface area contributed by atoms with Gasteiger partial charge in [0.15, 0.2) is 0 Å². The Balaban J connectivity index is 0.000000671. The van der Waals surface area contributed by atoms with E-state index >= 15 is 0 Å². The summed E-state index contributed by atoms with van der Waals surface area (Å²) in [5, 5.41) is 0. The van der Waals surface area contributed by atoms with Crippen molar-refractivity contribution in [2.45, 2.75) is 20.8 Å². The first kappa shape index (κ1) is 11.6. The van der Waals surface area contributed by atoms with Crippen LogP contribution in [0.2, 0.25) is 0 Å². The van der Waals surface area contributed by atoms with E-state index in [1.807, 2.05) is 32.1 Å². The van der Waals surface area contributed by atoms with Gasteiger partial charge in [0, 0.05) is 11.6 Å². The van der Waals surface area contributed by atoms with Gasteiger partial charge in [-0.1, -0.05) is 38.6 Å². The molecule has 13 heavy (non-hydrogen) atoms. The minimum atomic E-state index is 1.03. The summed E-state index contributed by atoms with van der Waals surface area (Å²) in [6.07, 6.45) is 1.84. The van der Waals surface area contributed by atoms with Gasteiger partial charge in [0.25, 0.3) is 0 Å². The van der Waals surface area contributed by atoms with Gasteiger partial charge in [-0.15, -0.1) is 0 Å². The molecule has 0 saturated carbocycles. The molecular weight excluding hydrogens is 158 g/mol. The van der Waals surface area contributed by atoms with Crippen molar-refractivity contribution in [1.82, 2.24) is 0 Å². The summed E-state index contributed by atoms with van der Waals surface area (Å²) in [7, 11) is 0. The van der Waals surface area contributed by atoms with Crippen LogP contribution in [0, 0.1) is 6.92 Å². The lowest BCUT2D eigenvalue weighted by Crippen LogP contribution is -2.58. The van der Waals surface area contributed by atoms with Crippen LogP contribution in [0.5, 0.6) is 0 Å². The van der Waals surface area contributed by atoms with Gasteiger partial charge in [-0.25, -0.2) is 4.99 Å². The first-order valence-corrected chi connectivity index (χ1v) is 4.54. The fourth-order valence-corrected chi connectivity index (χ4v) is 1.11. The van der Waals surface area contributed by atoms with Gasteiger partial charge in [-0.05, 0) is 12.5 Å². The summed E-state index contributed by atoms with van der Waals surface area (Å²) in [5.41, 5.74) is 3.37. The smallest absolute Gasteiger partial charge is 0.210 e. The van der Waals surface area contributed by atoms with Gasteiger partial charge < -0.3 is 0 Å². The van der Waals surface area contributed by atoms with Crippen molar-refractivity contribution in [3.8, 4) is 0 Å². The Hall–Kier alpha value is -1.37. The van der Waals surface area contributed by atoms with Crippen LogP contribution in [0.15, 0.2) is 24.8 Å². The van der Waals surface area contributed by atoms with E-state index in [0.717, 1.165) is 11.3 Å². The third-order valence-electron chi connectivity index (χ3n) is 1.72. The molecule has 0 amide bonds. The largest absolute Gasteiger partial charge is 0.218 e. The van der Waals surface area contributed by atoms with Crippen LogP contribution >= 0.6 is 0 Å². The Morgan fingerprint density at radius 3 is 2.31 bits per heavy atom. The van der Waals surface area contributed by atoms with E-state index in [1.54, 1.807) is 0 Å². The van der Waals surface area contributed by atoms with Crippen molar-refractivity contribution in [2.75, 3.05) is 0 Å². The fourth-order valence-electron chi connectivity index (χ4n) is 1.11. The van der Waals surface area contributed by atoms with Crippen LogP contribution in [0.4, 0.5) is 5.69 Å². The van der Waals surface area contributed by atoms with Crippen molar-refractivity contribution >= 4 is 18.5 Å². The minimum Gasteiger partial charge on any atom is -0.218 e. The molecule has 1 rings (SSSR count). The molecule has 0 bridgehead atoms. The molecule has 0 fully saturated rings. The van der Waals surface area contributed by atoms with E-state index in [1.165, 1.54) is 5.56 Å². The first-order chi connectivity index (χ1) is 6.29. The predicted octanol–water partition coefficient (Wildman–Crippen LogP) is 2.08. The molecule has 0 aliphatic rings. The lowest BCUT2D eigenvalue weighted by atomic mass is 10.1. The first-order valence-electron chi connectivity index (χ1n) is 4.54. The topological polar surface area (TPSA) is 14.0 Å². The van der Waals surface area contributed by atoms with Crippen LogP contribution in [0.1, 0.15) is 25.0 Å². The molecule has 1 N–H and O–H groups in total. The third kappa shape index (κ3) is 2.86. The highest BCUT2D eigenvalue weighted by molar-refractivity contribution is 5.62. The molecule has 0 aromatic heterocycles. The van der Waals surface area contributed by atoms with E-state index < -0.39 is 0 Å². The Labute approximate surface area is 80.8 Å². The zero-order chi connectivity index (χ0) is 10.3. The quantitative estimate of drug-likeness (QED) is 0.663. The molecular formula is C12H18N+. The SMILES string of the molecule is C=Cc1c(C)cccc1[NH+]=C.CC. The summed E-state index contributed by atoms with van der Waals surface area (Å²) < 4.78 is 0. The maximum Gasteiger partial charge on any atom is 0.210 e. The van der Waals surface area contributed by atoms with Crippen LogP contribution in [0.25, 0.3) is 6.08 Å². The van der Waals surface area contributed by atoms with Crippen molar-refractivity contribution in [3.63, 3.8) is 0 Å². The predicted molar refractivity (Wildman–Crippen MR) is 60.4 cm³/mol. The number of benzene rings is 1. The van der Waals surface area contributed by atoms with Crippen LogP contribution in [-0.4, -0.2) is 6.72 Å². The molecule has 0 aliphatic carbocycles. The Kier molecular flexibility index (Phi) is 5.53. The number of nitrogens with one attached hydrogen (secondary N) is 1. The van der Waals surface area contributed by atoms with E-state index in [9.17, 15) is 0 Å². The number of hydrogen-bond acceptors (Lipinski definition) is 0. The average Bonchev–Trinajstić information content (AvgIpc) is 2.20. The van der Waals surface area contributed by atoms with E-state index in [4.69, 9.17) is 0 Å². The summed E-state index contributed by atoms with van der Waals surface area (Å²) >= 11 is 0. The molecule has 1 aromatic carbocycles. The molecule has 0 aliphatic heterocycles. The molecule has 0 unspecified atom stereocenters. The maximum absolute atomic E-state index is 3.73. The average molecular weight is 176 g/mol. The van der Waals surface area contributed by atoms with Crippen molar-refractivity contribution in [1.29, 1.82) is 0 Å². The second-order valence-electron chi connectivity index (χ2n) is 2.42. The normalized spacial score (nSPS) is 8.23. The Morgan fingerprint density at radius 2 is 1.92 bits per heavy atom. The van der Waals surface area contributed by atoms with Gasteiger partial charge in [0.1, 0.15) is 6.72 Å². The van der Waals surface area contributed by atoms with E-state index in [2.05, 4.69) is 31.3 Å². The molecule has 1 heteroatoms. The molecule has 70 valence electrons. The number of aryl methyl sites for hydroxylation is 1. The van der Waals surface area contributed by atoms with Crippen LogP contribution in [-0.2, 0) is 0 Å². The highest BCUT2D eigenvalue weighted by atomic mass is 14.7. The Morgan fingerprint density at radius 1 is 1.31 bits per heavy atom.